The van der Waals surface area contributed by atoms with Crippen LogP contribution in [-0.4, -0.2) is 33.5 Å². The third-order valence-corrected chi connectivity index (χ3v) is 7.24. The van der Waals surface area contributed by atoms with Crippen molar-refractivity contribution in [3.8, 4) is 0 Å². The number of benzene rings is 2. The Morgan fingerprint density at radius 1 is 1.03 bits per heavy atom. The first-order chi connectivity index (χ1) is 16.3. The predicted molar refractivity (Wildman–Crippen MR) is 131 cm³/mol. The van der Waals surface area contributed by atoms with E-state index in [1.165, 1.54) is 24.6 Å². The number of carboxylic acids is 1. The molecule has 1 spiro atoms. The summed E-state index contributed by atoms with van der Waals surface area (Å²) in [7, 11) is 0. The van der Waals surface area contributed by atoms with Crippen LogP contribution in [0, 0.1) is 17.2 Å². The number of hydrogen-bond acceptors (Lipinski definition) is 3. The molecule has 2 aromatic rings. The first-order valence-electron chi connectivity index (χ1n) is 11.9. The first-order valence-corrected chi connectivity index (χ1v) is 11.9. The van der Waals surface area contributed by atoms with Crippen LogP contribution in [0.5, 0.6) is 0 Å². The molecule has 178 valence electrons. The molecule has 2 aliphatic rings. The topological polar surface area (TPSA) is 77.8 Å². The van der Waals surface area contributed by atoms with Gasteiger partial charge in [-0.05, 0) is 65.8 Å². The Kier molecular flexibility index (Phi) is 7.15. The molecule has 0 saturated heterocycles. The molecule has 3 unspecified atom stereocenters. The lowest BCUT2D eigenvalue weighted by Gasteiger charge is -2.31. The number of carbonyl (C=O) groups is 1. The Labute approximate surface area is 199 Å². The number of aliphatic hydroxyl groups is 2. The lowest BCUT2D eigenvalue weighted by Crippen LogP contribution is -2.28. The molecule has 4 nitrogen and oxygen atoms in total. The summed E-state index contributed by atoms with van der Waals surface area (Å²) in [4.78, 5) is 11.2. The molecule has 0 radical (unpaired) electrons. The third kappa shape index (κ3) is 4.77. The normalized spacial score (nSPS) is 20.1. The average molecular weight is 463 g/mol. The predicted octanol–water partition coefficient (Wildman–Crippen LogP) is 5.63. The van der Waals surface area contributed by atoms with E-state index in [2.05, 4.69) is 18.2 Å². The van der Waals surface area contributed by atoms with E-state index in [1.54, 1.807) is 18.2 Å². The van der Waals surface area contributed by atoms with Gasteiger partial charge in [-0.1, -0.05) is 67.5 Å². The van der Waals surface area contributed by atoms with Crippen molar-refractivity contribution in [2.75, 3.05) is 0 Å². The summed E-state index contributed by atoms with van der Waals surface area (Å²) in [5.41, 5.74) is 5.18. The fraction of sp³-hybridized carbons (Fsp3) is 0.345. The van der Waals surface area contributed by atoms with Crippen LogP contribution in [0.1, 0.15) is 50.2 Å². The van der Waals surface area contributed by atoms with Crippen LogP contribution in [-0.2, 0) is 4.79 Å². The Hall–Kier alpha value is -3.02. The average Bonchev–Trinajstić information content (AvgIpc) is 3.44. The Morgan fingerprint density at radius 2 is 1.68 bits per heavy atom. The van der Waals surface area contributed by atoms with Gasteiger partial charge in [-0.25, -0.2) is 4.39 Å². The quantitative estimate of drug-likeness (QED) is 0.475. The monoisotopic (exact) mass is 462 g/mol. The number of hydrogen-bond donors (Lipinski definition) is 3. The zero-order valence-electron chi connectivity index (χ0n) is 19.3. The molecule has 3 atom stereocenters. The molecule has 0 heterocycles. The molecule has 34 heavy (non-hydrogen) atoms. The highest BCUT2D eigenvalue weighted by molar-refractivity contribution is 5.96. The maximum Gasteiger partial charge on any atom is 0.308 e. The van der Waals surface area contributed by atoms with Gasteiger partial charge in [0.05, 0.1) is 18.1 Å². The van der Waals surface area contributed by atoms with Gasteiger partial charge in [0.15, 0.2) is 0 Å². The number of halogens is 1. The number of aliphatic carboxylic acids is 1. The summed E-state index contributed by atoms with van der Waals surface area (Å²) in [6.07, 6.45) is 7.72. The van der Waals surface area contributed by atoms with E-state index in [4.69, 9.17) is 5.11 Å². The van der Waals surface area contributed by atoms with E-state index < -0.39 is 24.1 Å². The highest BCUT2D eigenvalue weighted by Gasteiger charge is 2.45. The van der Waals surface area contributed by atoms with Crippen LogP contribution >= 0.6 is 0 Å². The van der Waals surface area contributed by atoms with Crippen molar-refractivity contribution in [3.63, 3.8) is 0 Å². The maximum atomic E-state index is 13.7. The minimum absolute atomic E-state index is 0.0604. The first kappa shape index (κ1) is 24.1. The van der Waals surface area contributed by atoms with Gasteiger partial charge in [-0.2, -0.15) is 0 Å². The van der Waals surface area contributed by atoms with E-state index in [1.807, 2.05) is 24.3 Å². The van der Waals surface area contributed by atoms with Gasteiger partial charge in [-0.15, -0.1) is 0 Å². The number of carboxylic acid groups (broad SMARTS) is 1. The van der Waals surface area contributed by atoms with Crippen LogP contribution in [0.15, 0.2) is 78.4 Å². The molecule has 0 bridgehead atoms. The summed E-state index contributed by atoms with van der Waals surface area (Å²) in [6, 6.07) is 16.7. The molecule has 0 aromatic heterocycles. The van der Waals surface area contributed by atoms with Crippen molar-refractivity contribution in [2.45, 2.75) is 51.2 Å². The fourth-order valence-corrected chi connectivity index (χ4v) is 5.28. The molecule has 5 heteroatoms. The Bertz CT molecular complexity index is 1110. The lowest BCUT2D eigenvalue weighted by molar-refractivity contribution is -0.145. The van der Waals surface area contributed by atoms with Crippen LogP contribution < -0.4 is 0 Å². The van der Waals surface area contributed by atoms with Crippen LogP contribution in [0.2, 0.25) is 0 Å². The van der Waals surface area contributed by atoms with Crippen molar-refractivity contribution in [1.82, 2.24) is 0 Å². The summed E-state index contributed by atoms with van der Waals surface area (Å²) in [5, 5.41) is 29.9. The number of aliphatic hydroxyl groups excluding tert-OH is 2. The summed E-state index contributed by atoms with van der Waals surface area (Å²) in [5.74, 6) is -2.35. The Morgan fingerprint density at radius 3 is 2.29 bits per heavy atom. The molecule has 4 rings (SSSR count). The van der Waals surface area contributed by atoms with Crippen LogP contribution in [0.25, 0.3) is 11.1 Å². The van der Waals surface area contributed by atoms with Gasteiger partial charge in [0.25, 0.3) is 0 Å². The molecule has 0 amide bonds. The van der Waals surface area contributed by atoms with Gasteiger partial charge in [0.1, 0.15) is 5.82 Å². The maximum absolute atomic E-state index is 13.7. The minimum atomic E-state index is -1.15. The standard InChI is InChI=1S/C29H31FO4/c1-19(28(33)34)27(32)17-23(31)13-14-25-24(20-9-11-22(30)12-10-20)18-26(21-7-3-2-4-8-21)29(25)15-5-6-16-29/h2-4,7-14,18-19,23,27,31-32H,5-6,15-17H2,1H3,(H,33,34). The number of allylic oxidation sites excluding steroid dienone is 5. The van der Waals surface area contributed by atoms with E-state index in [9.17, 15) is 19.4 Å². The zero-order valence-corrected chi connectivity index (χ0v) is 19.3. The molecular formula is C29H31FO4. The molecule has 2 aliphatic carbocycles. The second kappa shape index (κ2) is 10.1. The van der Waals surface area contributed by atoms with Gasteiger partial charge in [-0.3, -0.25) is 4.79 Å². The molecule has 1 saturated carbocycles. The van der Waals surface area contributed by atoms with Gasteiger partial charge in [0.2, 0.25) is 0 Å². The molecule has 1 fully saturated rings. The van der Waals surface area contributed by atoms with Gasteiger partial charge < -0.3 is 15.3 Å². The van der Waals surface area contributed by atoms with E-state index in [0.717, 1.165) is 48.0 Å². The minimum Gasteiger partial charge on any atom is -0.481 e. The van der Waals surface area contributed by atoms with E-state index in [-0.39, 0.29) is 17.7 Å². The molecule has 2 aromatic carbocycles. The van der Waals surface area contributed by atoms with Gasteiger partial charge in [0, 0.05) is 11.8 Å². The van der Waals surface area contributed by atoms with Crippen molar-refractivity contribution in [1.29, 1.82) is 0 Å². The second-order valence-electron chi connectivity index (χ2n) is 9.40. The highest BCUT2D eigenvalue weighted by atomic mass is 19.1. The Balaban J connectivity index is 1.73. The van der Waals surface area contributed by atoms with Crippen molar-refractivity contribution in [3.05, 3.63) is 95.3 Å². The molecule has 0 aliphatic heterocycles. The smallest absolute Gasteiger partial charge is 0.308 e. The van der Waals surface area contributed by atoms with E-state index in [0.29, 0.717) is 0 Å². The van der Waals surface area contributed by atoms with Crippen molar-refractivity contribution >= 4 is 17.1 Å². The van der Waals surface area contributed by atoms with E-state index >= 15 is 0 Å². The zero-order chi connectivity index (χ0) is 24.3. The largest absolute Gasteiger partial charge is 0.481 e. The summed E-state index contributed by atoms with van der Waals surface area (Å²) < 4.78 is 13.7. The lowest BCUT2D eigenvalue weighted by atomic mass is 9.72. The number of rotatable bonds is 8. The van der Waals surface area contributed by atoms with Gasteiger partial charge >= 0.3 is 5.97 Å². The second-order valence-corrected chi connectivity index (χ2v) is 9.40. The third-order valence-electron chi connectivity index (χ3n) is 7.24. The SMILES string of the molecule is CC(C(=O)O)C(O)CC(O)C=CC1=C(c2ccc(F)cc2)C=C(c2ccccc2)C12CCCC2. The van der Waals surface area contributed by atoms with Crippen LogP contribution in [0.3, 0.4) is 0 Å². The fourth-order valence-electron chi connectivity index (χ4n) is 5.28. The van der Waals surface area contributed by atoms with Crippen molar-refractivity contribution < 1.29 is 24.5 Å². The summed E-state index contributed by atoms with van der Waals surface area (Å²) >= 11 is 0. The van der Waals surface area contributed by atoms with Crippen LogP contribution in [0.4, 0.5) is 4.39 Å². The highest BCUT2D eigenvalue weighted by Crippen LogP contribution is 2.59. The molecular weight excluding hydrogens is 431 g/mol. The van der Waals surface area contributed by atoms with Crippen molar-refractivity contribution in [2.24, 2.45) is 11.3 Å². The summed E-state index contributed by atoms with van der Waals surface area (Å²) in [6.45, 7) is 1.43. The molecule has 3 N–H and O–H groups in total.